The van der Waals surface area contributed by atoms with E-state index >= 15 is 0 Å². The SMILES string of the molecule is CC(C)c1nn(C)c2sc(C(=O)N3CC(C(=O)O)c4ccccc43)cc12. The van der Waals surface area contributed by atoms with E-state index in [9.17, 15) is 14.7 Å². The van der Waals surface area contributed by atoms with Crippen LogP contribution in [-0.2, 0) is 11.8 Å². The van der Waals surface area contributed by atoms with Gasteiger partial charge >= 0.3 is 5.97 Å². The Balaban J connectivity index is 1.76. The second-order valence-electron chi connectivity index (χ2n) is 6.86. The first kappa shape index (κ1) is 16.8. The Morgan fingerprint density at radius 1 is 1.31 bits per heavy atom. The van der Waals surface area contributed by atoms with Crippen molar-refractivity contribution in [3.8, 4) is 0 Å². The number of nitrogens with zero attached hydrogens (tertiary/aromatic N) is 3. The minimum absolute atomic E-state index is 0.155. The molecule has 1 N–H and O–H groups in total. The van der Waals surface area contributed by atoms with Gasteiger partial charge in [0.1, 0.15) is 10.7 Å². The molecule has 7 heteroatoms. The van der Waals surface area contributed by atoms with E-state index in [0.717, 1.165) is 15.9 Å². The third-order valence-electron chi connectivity index (χ3n) is 4.81. The van der Waals surface area contributed by atoms with E-state index in [2.05, 4.69) is 18.9 Å². The van der Waals surface area contributed by atoms with Crippen molar-refractivity contribution in [2.24, 2.45) is 7.05 Å². The molecular formula is C19H19N3O3S. The van der Waals surface area contributed by atoms with E-state index < -0.39 is 11.9 Å². The van der Waals surface area contributed by atoms with Gasteiger partial charge in [0.2, 0.25) is 0 Å². The van der Waals surface area contributed by atoms with Crippen molar-refractivity contribution in [3.05, 3.63) is 46.5 Å². The van der Waals surface area contributed by atoms with Crippen molar-refractivity contribution in [1.82, 2.24) is 9.78 Å². The molecule has 0 radical (unpaired) electrons. The molecule has 0 fully saturated rings. The number of fused-ring (bicyclic) bond motifs is 2. The zero-order valence-electron chi connectivity index (χ0n) is 14.8. The van der Waals surface area contributed by atoms with Crippen LogP contribution in [0, 0.1) is 0 Å². The lowest BCUT2D eigenvalue weighted by atomic mass is 10.0. The molecule has 1 unspecified atom stereocenters. The number of aromatic nitrogens is 2. The lowest BCUT2D eigenvalue weighted by Gasteiger charge is -2.16. The normalized spacial score (nSPS) is 16.5. The fourth-order valence-electron chi connectivity index (χ4n) is 3.54. The molecule has 1 aromatic carbocycles. The Bertz CT molecular complexity index is 1030. The van der Waals surface area contributed by atoms with Gasteiger partial charge in [0.25, 0.3) is 5.91 Å². The van der Waals surface area contributed by atoms with Gasteiger partial charge in [-0.2, -0.15) is 5.10 Å². The van der Waals surface area contributed by atoms with Gasteiger partial charge in [-0.25, -0.2) is 0 Å². The van der Waals surface area contributed by atoms with Gasteiger partial charge < -0.3 is 10.0 Å². The highest BCUT2D eigenvalue weighted by Gasteiger charge is 2.37. The number of amides is 1. The number of aliphatic carboxylic acids is 1. The number of rotatable bonds is 3. The quantitative estimate of drug-likeness (QED) is 0.766. The first-order valence-corrected chi connectivity index (χ1v) is 9.30. The smallest absolute Gasteiger partial charge is 0.312 e. The van der Waals surface area contributed by atoms with E-state index in [1.807, 2.05) is 36.0 Å². The molecule has 3 heterocycles. The molecule has 1 aliphatic rings. The first-order chi connectivity index (χ1) is 12.4. The predicted octanol–water partition coefficient (Wildman–Crippen LogP) is 3.59. The molecule has 2 aromatic heterocycles. The second kappa shape index (κ2) is 5.95. The molecule has 1 atom stereocenters. The van der Waals surface area contributed by atoms with Gasteiger partial charge in [-0.3, -0.25) is 14.3 Å². The minimum Gasteiger partial charge on any atom is -0.481 e. The van der Waals surface area contributed by atoms with Crippen molar-refractivity contribution in [2.45, 2.75) is 25.7 Å². The molecule has 6 nitrogen and oxygen atoms in total. The number of benzene rings is 1. The van der Waals surface area contributed by atoms with Crippen LogP contribution in [0.3, 0.4) is 0 Å². The molecule has 0 aliphatic carbocycles. The van der Waals surface area contributed by atoms with E-state index in [0.29, 0.717) is 16.1 Å². The van der Waals surface area contributed by atoms with Crippen molar-refractivity contribution < 1.29 is 14.7 Å². The number of hydrogen-bond acceptors (Lipinski definition) is 4. The molecular weight excluding hydrogens is 350 g/mol. The molecule has 26 heavy (non-hydrogen) atoms. The summed E-state index contributed by atoms with van der Waals surface area (Å²) in [6.07, 6.45) is 0. The Hall–Kier alpha value is -2.67. The van der Waals surface area contributed by atoms with Crippen LogP contribution in [0.4, 0.5) is 5.69 Å². The number of carbonyl (C=O) groups excluding carboxylic acids is 1. The summed E-state index contributed by atoms with van der Waals surface area (Å²) in [5, 5.41) is 15.0. The largest absolute Gasteiger partial charge is 0.481 e. The van der Waals surface area contributed by atoms with Crippen LogP contribution in [0.1, 0.15) is 46.6 Å². The molecule has 1 aliphatic heterocycles. The zero-order valence-corrected chi connectivity index (χ0v) is 15.6. The molecule has 0 saturated heterocycles. The maximum Gasteiger partial charge on any atom is 0.312 e. The fraction of sp³-hybridized carbons (Fsp3) is 0.316. The van der Waals surface area contributed by atoms with Crippen molar-refractivity contribution in [2.75, 3.05) is 11.4 Å². The van der Waals surface area contributed by atoms with Crippen LogP contribution in [0.25, 0.3) is 10.2 Å². The lowest BCUT2D eigenvalue weighted by molar-refractivity contribution is -0.138. The fourth-order valence-corrected chi connectivity index (χ4v) is 4.57. The maximum absolute atomic E-state index is 13.2. The average Bonchev–Trinajstić information content (AvgIpc) is 3.27. The molecule has 4 rings (SSSR count). The number of aryl methyl sites for hydroxylation is 1. The van der Waals surface area contributed by atoms with Gasteiger partial charge in [-0.1, -0.05) is 32.0 Å². The number of carboxylic acids is 1. The number of para-hydroxylation sites is 1. The highest BCUT2D eigenvalue weighted by atomic mass is 32.1. The van der Waals surface area contributed by atoms with Gasteiger partial charge in [0, 0.05) is 24.7 Å². The van der Waals surface area contributed by atoms with E-state index in [1.165, 1.54) is 11.3 Å². The first-order valence-electron chi connectivity index (χ1n) is 8.48. The second-order valence-corrected chi connectivity index (χ2v) is 7.89. The van der Waals surface area contributed by atoms with Gasteiger partial charge in [0.15, 0.2) is 0 Å². The number of thiophene rings is 1. The number of carboxylic acid groups (broad SMARTS) is 1. The van der Waals surface area contributed by atoms with Crippen LogP contribution in [0.2, 0.25) is 0 Å². The van der Waals surface area contributed by atoms with Crippen molar-refractivity contribution >= 4 is 39.1 Å². The number of anilines is 1. The van der Waals surface area contributed by atoms with E-state index in [4.69, 9.17) is 0 Å². The number of hydrogen-bond donors (Lipinski definition) is 1. The molecule has 1 amide bonds. The van der Waals surface area contributed by atoms with Crippen molar-refractivity contribution in [3.63, 3.8) is 0 Å². The number of carbonyl (C=O) groups is 2. The lowest BCUT2D eigenvalue weighted by Crippen LogP contribution is -2.30. The Kier molecular flexibility index (Phi) is 3.84. The van der Waals surface area contributed by atoms with Crippen LogP contribution >= 0.6 is 11.3 Å². The third kappa shape index (κ3) is 2.42. The van der Waals surface area contributed by atoms with Crippen LogP contribution in [-0.4, -0.2) is 33.3 Å². The average molecular weight is 369 g/mol. The molecule has 0 bridgehead atoms. The summed E-state index contributed by atoms with van der Waals surface area (Å²) < 4.78 is 1.81. The Morgan fingerprint density at radius 3 is 2.73 bits per heavy atom. The monoisotopic (exact) mass is 369 g/mol. The predicted molar refractivity (Wildman–Crippen MR) is 101 cm³/mol. The molecule has 0 spiro atoms. The Morgan fingerprint density at radius 2 is 2.04 bits per heavy atom. The highest BCUT2D eigenvalue weighted by molar-refractivity contribution is 7.20. The minimum atomic E-state index is -0.907. The summed E-state index contributed by atoms with van der Waals surface area (Å²) in [5.74, 6) is -1.48. The summed E-state index contributed by atoms with van der Waals surface area (Å²) in [7, 11) is 1.88. The van der Waals surface area contributed by atoms with Gasteiger partial charge in [-0.05, 0) is 23.6 Å². The van der Waals surface area contributed by atoms with Crippen LogP contribution < -0.4 is 4.90 Å². The molecule has 134 valence electrons. The molecule has 0 saturated carbocycles. The molecule has 3 aromatic rings. The summed E-state index contributed by atoms with van der Waals surface area (Å²) in [4.78, 5) is 27.9. The third-order valence-corrected chi connectivity index (χ3v) is 6.00. The summed E-state index contributed by atoms with van der Waals surface area (Å²) in [6.45, 7) is 4.32. The van der Waals surface area contributed by atoms with Gasteiger partial charge in [-0.15, -0.1) is 11.3 Å². The van der Waals surface area contributed by atoms with Crippen LogP contribution in [0.5, 0.6) is 0 Å². The standard InChI is InChI=1S/C19H19N3O3S/c1-10(2)16-12-8-15(26-18(12)21(3)20-16)17(23)22-9-13(19(24)25)11-6-4-5-7-14(11)22/h4-8,10,13H,9H2,1-3H3,(H,24,25). The topological polar surface area (TPSA) is 75.4 Å². The van der Waals surface area contributed by atoms with Gasteiger partial charge in [0.05, 0.1) is 10.6 Å². The Labute approximate surface area is 154 Å². The summed E-state index contributed by atoms with van der Waals surface area (Å²) >= 11 is 1.40. The van der Waals surface area contributed by atoms with Crippen LogP contribution in [0.15, 0.2) is 30.3 Å². The zero-order chi connectivity index (χ0) is 18.6. The summed E-state index contributed by atoms with van der Waals surface area (Å²) in [6, 6.07) is 9.12. The summed E-state index contributed by atoms with van der Waals surface area (Å²) in [5.41, 5.74) is 2.35. The van der Waals surface area contributed by atoms with E-state index in [-0.39, 0.29) is 18.4 Å². The van der Waals surface area contributed by atoms with E-state index in [1.54, 1.807) is 11.0 Å². The highest BCUT2D eigenvalue weighted by Crippen LogP contribution is 2.39. The van der Waals surface area contributed by atoms with Crippen molar-refractivity contribution in [1.29, 1.82) is 0 Å². The maximum atomic E-state index is 13.2.